The maximum atomic E-state index is 8.25. The molecule has 0 aliphatic rings. The summed E-state index contributed by atoms with van der Waals surface area (Å²) in [6.07, 6.45) is 0. The molecular weight excluding hydrogens is 144 g/mol. The van der Waals surface area contributed by atoms with E-state index >= 15 is 0 Å². The van der Waals surface area contributed by atoms with Gasteiger partial charge in [0.1, 0.15) is 0 Å². The van der Waals surface area contributed by atoms with E-state index < -0.39 is 5.09 Å². The standard InChI is InChI=1S/Li.NO3.Ni.H2O.H/c;2-1(3)4;;;/h;;;1H2;/q+1;-1;+2;;-1/p-1. The Bertz CT molecular complexity index is 39.0. The van der Waals surface area contributed by atoms with E-state index in [1.54, 1.807) is 0 Å². The molecule has 0 heterocycles. The second-order valence-electron chi connectivity index (χ2n) is 0.224. The molecule has 0 spiro atoms. The fraction of sp³-hybridized carbons (Fsp3) is 0. The van der Waals surface area contributed by atoms with Gasteiger partial charge in [-0.25, -0.2) is 0 Å². The molecule has 0 aromatic carbocycles. The van der Waals surface area contributed by atoms with Crippen molar-refractivity contribution in [3.8, 4) is 0 Å². The molecule has 0 saturated carbocycles. The molecule has 1 N–H and O–H groups in total. The predicted molar refractivity (Wildman–Crippen MR) is 13.4 cm³/mol. The van der Waals surface area contributed by atoms with Gasteiger partial charge >= 0.3 is 35.4 Å². The first-order valence-corrected chi connectivity index (χ1v) is 0.548. The molecule has 0 unspecified atom stereocenters. The van der Waals surface area contributed by atoms with Crippen LogP contribution in [0.3, 0.4) is 0 Å². The Kier molecular flexibility index (Phi) is 62.5. The summed E-state index contributed by atoms with van der Waals surface area (Å²) in [7, 11) is 0. The first-order valence-electron chi connectivity index (χ1n) is 0.548. The molecule has 0 aliphatic carbocycles. The van der Waals surface area contributed by atoms with E-state index in [9.17, 15) is 0 Å². The number of hydrogen-bond donors (Lipinski definition) is 0. The Morgan fingerprint density at radius 3 is 1.43 bits per heavy atom. The van der Waals surface area contributed by atoms with Crippen LogP contribution in [0.15, 0.2) is 0 Å². The van der Waals surface area contributed by atoms with Gasteiger partial charge in [-0.2, -0.15) is 0 Å². The van der Waals surface area contributed by atoms with Crippen LogP contribution in [0.5, 0.6) is 0 Å². The van der Waals surface area contributed by atoms with Crippen LogP contribution in [0.2, 0.25) is 0 Å². The Hall–Kier alpha value is 0.251. The molecule has 0 atom stereocenters. The van der Waals surface area contributed by atoms with Gasteiger partial charge < -0.3 is 22.2 Å². The summed E-state index contributed by atoms with van der Waals surface area (Å²) in [5.41, 5.74) is 0. The Labute approximate surface area is 63.1 Å². The van der Waals surface area contributed by atoms with Gasteiger partial charge in [0.05, 0.1) is 5.09 Å². The van der Waals surface area contributed by atoms with Crippen LogP contribution < -0.4 is 18.9 Å². The van der Waals surface area contributed by atoms with Crippen molar-refractivity contribution in [3.63, 3.8) is 0 Å². The van der Waals surface area contributed by atoms with E-state index in [1.807, 2.05) is 0 Å². The molecule has 0 amide bonds. The third kappa shape index (κ3) is 1790. The average molecular weight is 146 g/mol. The number of rotatable bonds is 0. The molecule has 0 aliphatic heterocycles. The van der Waals surface area contributed by atoms with Crippen LogP contribution in [0.4, 0.5) is 0 Å². The molecule has 5 nitrogen and oxygen atoms in total. The molecule has 0 fully saturated rings. The zero-order valence-corrected chi connectivity index (χ0v) is 4.42. The van der Waals surface area contributed by atoms with E-state index in [0.29, 0.717) is 0 Å². The van der Waals surface area contributed by atoms with Crippen LogP contribution in [0.25, 0.3) is 0 Å². The van der Waals surface area contributed by atoms with E-state index in [4.69, 9.17) is 15.3 Å². The largest absolute Gasteiger partial charge is 2.00 e. The zero-order chi connectivity index (χ0) is 3.58. The molecule has 0 bridgehead atoms. The zero-order valence-electron chi connectivity index (χ0n) is 4.44. The molecule has 42 valence electrons. The second kappa shape index (κ2) is 16.3. The van der Waals surface area contributed by atoms with E-state index in [-0.39, 0.29) is 42.3 Å². The van der Waals surface area contributed by atoms with Crippen molar-refractivity contribution in [1.82, 2.24) is 0 Å². The van der Waals surface area contributed by atoms with Gasteiger partial charge in [0, 0.05) is 0 Å². The molecule has 0 aromatic heterocycles. The van der Waals surface area contributed by atoms with Gasteiger partial charge in [0.25, 0.3) is 0 Å². The van der Waals surface area contributed by atoms with Gasteiger partial charge in [0.15, 0.2) is 0 Å². The average Bonchev–Trinajstić information content (AvgIpc) is 0.811. The van der Waals surface area contributed by atoms with E-state index in [1.165, 1.54) is 0 Å². The number of hydrogen-bond acceptors (Lipinski definition) is 4. The fourth-order valence-electron chi connectivity index (χ4n) is 0. The van der Waals surface area contributed by atoms with Crippen LogP contribution in [0.1, 0.15) is 1.43 Å². The first kappa shape index (κ1) is 26.8. The molecule has 7 heteroatoms. The molecule has 0 aromatic rings. The summed E-state index contributed by atoms with van der Waals surface area (Å²) in [5.74, 6) is 0. The van der Waals surface area contributed by atoms with Crippen molar-refractivity contribution in [2.24, 2.45) is 0 Å². The summed E-state index contributed by atoms with van der Waals surface area (Å²) in [6, 6.07) is 0. The number of nitrogens with zero attached hydrogens (tertiary/aromatic N) is 1. The Morgan fingerprint density at radius 2 is 1.43 bits per heavy atom. The predicted octanol–water partition coefficient (Wildman–Crippen LogP) is -3.30. The minimum atomic E-state index is -1.75. The van der Waals surface area contributed by atoms with Crippen molar-refractivity contribution in [1.29, 1.82) is 0 Å². The fourth-order valence-corrected chi connectivity index (χ4v) is 0. The smallest absolute Gasteiger partial charge is 1.00 e. The van der Waals surface area contributed by atoms with Gasteiger partial charge in [-0.05, 0) is 0 Å². The maximum Gasteiger partial charge on any atom is 2.00 e. The minimum absolute atomic E-state index is 0. The second-order valence-corrected chi connectivity index (χ2v) is 0.224. The topological polar surface area (TPSA) is 96.2 Å². The summed E-state index contributed by atoms with van der Waals surface area (Å²) in [4.78, 5) is 8.25. The third-order valence-corrected chi connectivity index (χ3v) is 0. The van der Waals surface area contributed by atoms with Crippen molar-refractivity contribution < 1.29 is 47.3 Å². The normalized spacial score (nSPS) is 3.43. The van der Waals surface area contributed by atoms with Gasteiger partial charge in [-0.15, -0.1) is 0 Å². The Morgan fingerprint density at radius 1 is 1.43 bits per heavy atom. The van der Waals surface area contributed by atoms with Crippen molar-refractivity contribution in [3.05, 3.63) is 15.3 Å². The molecule has 0 radical (unpaired) electrons. The molecular formula is H2LiNNiO4. The molecule has 0 saturated heterocycles. The van der Waals surface area contributed by atoms with Gasteiger partial charge in [-0.1, -0.05) is 0 Å². The summed E-state index contributed by atoms with van der Waals surface area (Å²) in [6.45, 7) is 0. The van der Waals surface area contributed by atoms with Crippen molar-refractivity contribution >= 4 is 0 Å². The summed E-state index contributed by atoms with van der Waals surface area (Å²) >= 11 is 0. The minimum Gasteiger partial charge on any atom is -1.00 e. The molecule has 7 heavy (non-hydrogen) atoms. The van der Waals surface area contributed by atoms with Crippen LogP contribution in [-0.2, 0) is 16.5 Å². The van der Waals surface area contributed by atoms with Crippen molar-refractivity contribution in [2.75, 3.05) is 0 Å². The summed E-state index contributed by atoms with van der Waals surface area (Å²) < 4.78 is 0. The Balaban J connectivity index is -0.00000000750. The van der Waals surface area contributed by atoms with Gasteiger partial charge in [0.2, 0.25) is 0 Å². The van der Waals surface area contributed by atoms with Crippen molar-refractivity contribution in [2.45, 2.75) is 0 Å². The van der Waals surface area contributed by atoms with Gasteiger partial charge in [-0.3, -0.25) is 0 Å². The van der Waals surface area contributed by atoms with Crippen LogP contribution >= 0.6 is 0 Å². The van der Waals surface area contributed by atoms with Crippen LogP contribution in [0, 0.1) is 15.3 Å². The van der Waals surface area contributed by atoms with Crippen LogP contribution in [-0.4, -0.2) is 10.6 Å². The quantitative estimate of drug-likeness (QED) is 0.203. The SMILES string of the molecule is O=[N+]([O-])[O-].[H-].[Li+].[Ni+2].[OH-]. The maximum absolute atomic E-state index is 8.25. The molecule has 0 rings (SSSR count). The summed E-state index contributed by atoms with van der Waals surface area (Å²) in [5, 5.41) is 14.8. The van der Waals surface area contributed by atoms with E-state index in [0.717, 1.165) is 0 Å². The monoisotopic (exact) mass is 145 g/mol. The third-order valence-electron chi connectivity index (χ3n) is 0. The first-order chi connectivity index (χ1) is 1.73. The van der Waals surface area contributed by atoms with E-state index in [2.05, 4.69) is 0 Å².